The number of carbonyl (C=O) groups is 1. The van der Waals surface area contributed by atoms with Crippen LogP contribution >= 0.6 is 12.4 Å². The van der Waals surface area contributed by atoms with Crippen molar-refractivity contribution in [2.24, 2.45) is 5.73 Å². The number of amides is 1. The molecule has 7 heteroatoms. The number of nitrogens with zero attached hydrogens (tertiary/aromatic N) is 3. The molecule has 0 aliphatic carbocycles. The maximum atomic E-state index is 12.1. The molecule has 136 valence electrons. The molecule has 24 heavy (non-hydrogen) atoms. The van der Waals surface area contributed by atoms with E-state index < -0.39 is 5.54 Å². The summed E-state index contributed by atoms with van der Waals surface area (Å²) >= 11 is 0. The Morgan fingerprint density at radius 3 is 2.54 bits per heavy atom. The molecule has 2 heterocycles. The van der Waals surface area contributed by atoms with E-state index in [1.807, 2.05) is 25.3 Å². The third-order valence-electron chi connectivity index (χ3n) is 4.38. The Morgan fingerprint density at radius 1 is 1.33 bits per heavy atom. The van der Waals surface area contributed by atoms with E-state index in [0.717, 1.165) is 44.0 Å². The van der Waals surface area contributed by atoms with Gasteiger partial charge in [0.1, 0.15) is 5.82 Å². The Labute approximate surface area is 151 Å². The number of halogens is 1. The Balaban J connectivity index is 0.00000288. The topological polar surface area (TPSA) is 74.5 Å². The smallest absolute Gasteiger partial charge is 0.240 e. The second-order valence-corrected chi connectivity index (χ2v) is 6.67. The van der Waals surface area contributed by atoms with E-state index >= 15 is 0 Å². The first-order valence-corrected chi connectivity index (χ1v) is 8.38. The van der Waals surface area contributed by atoms with Crippen molar-refractivity contribution in [3.63, 3.8) is 0 Å². The van der Waals surface area contributed by atoms with Crippen LogP contribution in [0.5, 0.6) is 0 Å². The average molecular weight is 356 g/mol. The largest absolute Gasteiger partial charge is 0.354 e. The molecule has 1 fully saturated rings. The van der Waals surface area contributed by atoms with Crippen LogP contribution in [0.3, 0.4) is 0 Å². The number of hydrogen-bond donors (Lipinski definition) is 2. The van der Waals surface area contributed by atoms with Crippen LogP contribution in [0.2, 0.25) is 0 Å². The highest BCUT2D eigenvalue weighted by Gasteiger charge is 2.26. The van der Waals surface area contributed by atoms with Crippen molar-refractivity contribution in [3.8, 4) is 0 Å². The highest BCUT2D eigenvalue weighted by Crippen LogP contribution is 2.14. The van der Waals surface area contributed by atoms with E-state index in [-0.39, 0.29) is 18.3 Å². The van der Waals surface area contributed by atoms with Crippen molar-refractivity contribution in [1.29, 1.82) is 0 Å². The van der Waals surface area contributed by atoms with E-state index in [1.54, 1.807) is 6.92 Å². The minimum Gasteiger partial charge on any atom is -0.354 e. The van der Waals surface area contributed by atoms with Gasteiger partial charge in [0.05, 0.1) is 5.54 Å². The van der Waals surface area contributed by atoms with E-state index in [9.17, 15) is 4.79 Å². The number of rotatable bonds is 6. The van der Waals surface area contributed by atoms with Crippen molar-refractivity contribution in [1.82, 2.24) is 15.2 Å². The molecule has 1 atom stereocenters. The SMILES string of the molecule is CCCC(C)(N)C(=O)NCc1ccc(N2CCN(C)CC2)nc1.Cl. The van der Waals surface area contributed by atoms with Crippen LogP contribution in [0.1, 0.15) is 32.3 Å². The van der Waals surface area contributed by atoms with Crippen molar-refractivity contribution < 1.29 is 4.79 Å². The minimum atomic E-state index is -0.804. The van der Waals surface area contributed by atoms with Crippen LogP contribution in [0, 0.1) is 0 Å². The fourth-order valence-corrected chi connectivity index (χ4v) is 2.76. The molecular formula is C17H30ClN5O. The Morgan fingerprint density at radius 2 is 2.00 bits per heavy atom. The first kappa shape index (κ1) is 20.7. The molecular weight excluding hydrogens is 326 g/mol. The monoisotopic (exact) mass is 355 g/mol. The summed E-state index contributed by atoms with van der Waals surface area (Å²) in [6.45, 7) is 8.40. The fourth-order valence-electron chi connectivity index (χ4n) is 2.76. The molecule has 1 aromatic heterocycles. The number of nitrogens with one attached hydrogen (secondary N) is 1. The summed E-state index contributed by atoms with van der Waals surface area (Å²) in [5, 5.41) is 2.90. The van der Waals surface area contributed by atoms with Crippen LogP contribution in [-0.2, 0) is 11.3 Å². The minimum absolute atomic E-state index is 0. The molecule has 1 saturated heterocycles. The van der Waals surface area contributed by atoms with Gasteiger partial charge in [-0.1, -0.05) is 19.4 Å². The van der Waals surface area contributed by atoms with E-state index in [4.69, 9.17) is 5.73 Å². The first-order valence-electron chi connectivity index (χ1n) is 8.38. The molecule has 3 N–H and O–H groups in total. The van der Waals surface area contributed by atoms with E-state index in [2.05, 4.69) is 27.1 Å². The third kappa shape index (κ3) is 5.61. The van der Waals surface area contributed by atoms with Gasteiger partial charge in [0, 0.05) is 38.9 Å². The lowest BCUT2D eigenvalue weighted by molar-refractivity contribution is -0.126. The zero-order valence-corrected chi connectivity index (χ0v) is 15.7. The van der Waals surface area contributed by atoms with E-state index in [1.165, 1.54) is 0 Å². The highest BCUT2D eigenvalue weighted by molar-refractivity contribution is 5.85. The van der Waals surface area contributed by atoms with Crippen LogP contribution in [-0.4, -0.2) is 54.6 Å². The van der Waals surface area contributed by atoms with Gasteiger partial charge in [-0.2, -0.15) is 0 Å². The number of anilines is 1. The molecule has 1 amide bonds. The van der Waals surface area contributed by atoms with Crippen LogP contribution in [0.4, 0.5) is 5.82 Å². The van der Waals surface area contributed by atoms with Crippen molar-refractivity contribution in [3.05, 3.63) is 23.9 Å². The molecule has 1 aromatic rings. The maximum Gasteiger partial charge on any atom is 0.240 e. The lowest BCUT2D eigenvalue weighted by Gasteiger charge is -2.33. The van der Waals surface area contributed by atoms with Gasteiger partial charge >= 0.3 is 0 Å². The number of hydrogen-bond acceptors (Lipinski definition) is 5. The summed E-state index contributed by atoms with van der Waals surface area (Å²) in [5.41, 5.74) is 6.22. The normalized spacial score (nSPS) is 17.8. The predicted octanol–water partition coefficient (Wildman–Crippen LogP) is 1.39. The average Bonchev–Trinajstić information content (AvgIpc) is 2.54. The van der Waals surface area contributed by atoms with Crippen molar-refractivity contribution >= 4 is 24.1 Å². The number of nitrogens with two attached hydrogens (primary N) is 1. The molecule has 0 aromatic carbocycles. The summed E-state index contributed by atoms with van der Waals surface area (Å²) in [4.78, 5) is 21.2. The van der Waals surface area contributed by atoms with Gasteiger partial charge in [-0.15, -0.1) is 12.4 Å². The fraction of sp³-hybridized carbons (Fsp3) is 0.647. The molecule has 1 aliphatic heterocycles. The van der Waals surface area contributed by atoms with Gasteiger partial charge in [-0.05, 0) is 32.0 Å². The summed E-state index contributed by atoms with van der Waals surface area (Å²) in [5.74, 6) is 0.894. The van der Waals surface area contributed by atoms with Crippen LogP contribution < -0.4 is 16.0 Å². The number of aromatic nitrogens is 1. The second-order valence-electron chi connectivity index (χ2n) is 6.67. The van der Waals surface area contributed by atoms with Gasteiger partial charge in [0.15, 0.2) is 0 Å². The Bertz CT molecular complexity index is 512. The molecule has 0 saturated carbocycles. The van der Waals surface area contributed by atoms with Crippen LogP contribution in [0.15, 0.2) is 18.3 Å². The molecule has 1 aliphatic rings. The molecule has 2 rings (SSSR count). The summed E-state index contributed by atoms with van der Waals surface area (Å²) in [6.07, 6.45) is 3.41. The van der Waals surface area contributed by atoms with Crippen LogP contribution in [0.25, 0.3) is 0 Å². The van der Waals surface area contributed by atoms with Gasteiger partial charge < -0.3 is 20.9 Å². The molecule has 0 bridgehead atoms. The number of likely N-dealkylation sites (N-methyl/N-ethyl adjacent to an activating group) is 1. The lowest BCUT2D eigenvalue weighted by atomic mass is 9.96. The van der Waals surface area contributed by atoms with Crippen molar-refractivity contribution in [2.45, 2.75) is 38.8 Å². The third-order valence-corrected chi connectivity index (χ3v) is 4.38. The standard InChI is InChI=1S/C17H29N5O.ClH/c1-4-7-17(2,18)16(23)20-13-14-5-6-15(19-12-14)22-10-8-21(3)9-11-22;/h5-6,12H,4,7-11,13,18H2,1-3H3,(H,20,23);1H. The number of carbonyl (C=O) groups excluding carboxylic acids is 1. The van der Waals surface area contributed by atoms with Gasteiger partial charge in [0.2, 0.25) is 5.91 Å². The van der Waals surface area contributed by atoms with Gasteiger partial charge in [-0.3, -0.25) is 4.79 Å². The summed E-state index contributed by atoms with van der Waals surface area (Å²) in [7, 11) is 2.14. The summed E-state index contributed by atoms with van der Waals surface area (Å²) < 4.78 is 0. The zero-order valence-electron chi connectivity index (χ0n) is 14.9. The number of piperazine rings is 1. The molecule has 0 radical (unpaired) electrons. The Kier molecular flexibility index (Phi) is 7.93. The number of pyridine rings is 1. The molecule has 6 nitrogen and oxygen atoms in total. The quantitative estimate of drug-likeness (QED) is 0.806. The Hall–Kier alpha value is -1.37. The van der Waals surface area contributed by atoms with Crippen molar-refractivity contribution in [2.75, 3.05) is 38.1 Å². The molecule has 0 spiro atoms. The predicted molar refractivity (Wildman–Crippen MR) is 101 cm³/mol. The van der Waals surface area contributed by atoms with Gasteiger partial charge in [-0.25, -0.2) is 4.98 Å². The second kappa shape index (κ2) is 9.20. The molecule has 1 unspecified atom stereocenters. The zero-order chi connectivity index (χ0) is 16.9. The van der Waals surface area contributed by atoms with Gasteiger partial charge in [0.25, 0.3) is 0 Å². The first-order chi connectivity index (χ1) is 10.9. The highest BCUT2D eigenvalue weighted by atomic mass is 35.5. The lowest BCUT2D eigenvalue weighted by Crippen LogP contribution is -2.51. The summed E-state index contributed by atoms with van der Waals surface area (Å²) in [6, 6.07) is 4.05. The van der Waals surface area contributed by atoms with E-state index in [0.29, 0.717) is 13.0 Å². The maximum absolute atomic E-state index is 12.1.